The minimum Gasteiger partial charge on any atom is -0.341 e. The maximum atomic E-state index is 13.3. The molecule has 4 aromatic rings. The molecule has 1 heterocycles. The topological polar surface area (TPSA) is 71.4 Å². The van der Waals surface area contributed by atoms with Crippen LogP contribution in [0.3, 0.4) is 0 Å². The van der Waals surface area contributed by atoms with Crippen LogP contribution >= 0.6 is 0 Å². The number of fused-ring (bicyclic) bond motifs is 3. The molecule has 6 nitrogen and oxygen atoms in total. The van der Waals surface area contributed by atoms with Gasteiger partial charge in [0.25, 0.3) is 0 Å². The maximum Gasteiger partial charge on any atom is 0.248 e. The summed E-state index contributed by atoms with van der Waals surface area (Å²) >= 11 is 0. The lowest BCUT2D eigenvalue weighted by Gasteiger charge is -2.30. The molecule has 0 radical (unpaired) electrons. The van der Waals surface area contributed by atoms with Crippen molar-refractivity contribution in [2.45, 2.75) is 39.8 Å². The molecule has 0 saturated heterocycles. The van der Waals surface area contributed by atoms with Gasteiger partial charge in [-0.2, -0.15) is 0 Å². The molecule has 1 amide bonds. The highest BCUT2D eigenvalue weighted by atomic mass is 32.2. The summed E-state index contributed by atoms with van der Waals surface area (Å²) in [4.78, 5) is 13.3. The second-order valence-electron chi connectivity index (χ2n) is 8.30. The Morgan fingerprint density at radius 1 is 0.970 bits per heavy atom. The molecule has 0 bridgehead atoms. The van der Waals surface area contributed by atoms with Crippen molar-refractivity contribution in [3.05, 3.63) is 72.3 Å². The van der Waals surface area contributed by atoms with E-state index in [1.807, 2.05) is 56.3 Å². The Morgan fingerprint density at radius 3 is 2.27 bits per heavy atom. The van der Waals surface area contributed by atoms with E-state index in [-0.39, 0.29) is 5.91 Å². The van der Waals surface area contributed by atoms with Crippen molar-refractivity contribution in [3.63, 3.8) is 0 Å². The van der Waals surface area contributed by atoms with Crippen molar-refractivity contribution in [2.24, 2.45) is 0 Å². The Kier molecular flexibility index (Phi) is 6.17. The predicted octanol–water partition coefficient (Wildman–Crippen LogP) is 5.31. The van der Waals surface area contributed by atoms with Crippen LogP contribution in [0.4, 0.5) is 11.4 Å². The van der Waals surface area contributed by atoms with E-state index in [0.29, 0.717) is 17.8 Å². The van der Waals surface area contributed by atoms with Crippen LogP contribution in [0.15, 0.2) is 66.7 Å². The van der Waals surface area contributed by atoms with E-state index >= 15 is 0 Å². The van der Waals surface area contributed by atoms with Crippen LogP contribution in [-0.2, 0) is 21.4 Å². The minimum absolute atomic E-state index is 0.337. The lowest BCUT2D eigenvalue weighted by atomic mass is 10.1. The van der Waals surface area contributed by atoms with Crippen LogP contribution in [0.2, 0.25) is 0 Å². The fourth-order valence-electron chi connectivity index (χ4n) is 4.45. The fourth-order valence-corrected chi connectivity index (χ4v) is 5.66. The summed E-state index contributed by atoms with van der Waals surface area (Å²) in [5, 5.41) is 5.13. The summed E-state index contributed by atoms with van der Waals surface area (Å²) in [5.41, 5.74) is 4.38. The molecule has 0 fully saturated rings. The molecule has 3 aromatic carbocycles. The van der Waals surface area contributed by atoms with Crippen LogP contribution in [-0.4, -0.2) is 31.2 Å². The summed E-state index contributed by atoms with van der Waals surface area (Å²) in [7, 11) is -3.67. The fraction of sp³-hybridized carbons (Fsp3) is 0.269. The number of hydrogen-bond donors (Lipinski definition) is 1. The Labute approximate surface area is 194 Å². The van der Waals surface area contributed by atoms with E-state index in [2.05, 4.69) is 28.9 Å². The SMILES string of the molecule is CC[C@@H](C(=O)Nc1ccc2c(c1)c1ccccc1n2CC)N(c1ccc(C)cc1)S(C)(=O)=O. The summed E-state index contributed by atoms with van der Waals surface area (Å²) in [5.74, 6) is -0.359. The average Bonchev–Trinajstić information content (AvgIpc) is 3.10. The third-order valence-electron chi connectivity index (χ3n) is 5.97. The standard InChI is InChI=1S/C26H29N3O3S/c1-5-23(29(33(4,31)32)20-14-11-18(3)12-15-20)26(30)27-19-13-16-25-22(17-19)21-9-7-8-10-24(21)28(25)6-2/h7-17,23H,5-6H2,1-4H3,(H,27,30)/t23-/m0/s1. The summed E-state index contributed by atoms with van der Waals surface area (Å²) < 4.78 is 28.8. The number of sulfonamides is 1. The lowest BCUT2D eigenvalue weighted by Crippen LogP contribution is -2.47. The lowest BCUT2D eigenvalue weighted by molar-refractivity contribution is -0.117. The third-order valence-corrected chi connectivity index (χ3v) is 7.15. The second kappa shape index (κ2) is 8.90. The molecule has 0 spiro atoms. The zero-order valence-corrected chi connectivity index (χ0v) is 20.2. The Morgan fingerprint density at radius 2 is 1.64 bits per heavy atom. The van der Waals surface area contributed by atoms with Gasteiger partial charge in [-0.3, -0.25) is 9.10 Å². The van der Waals surface area contributed by atoms with Crippen molar-refractivity contribution in [1.82, 2.24) is 4.57 Å². The quantitative estimate of drug-likeness (QED) is 0.404. The zero-order valence-electron chi connectivity index (χ0n) is 19.4. The molecule has 172 valence electrons. The van der Waals surface area contributed by atoms with Crippen molar-refractivity contribution >= 4 is 49.1 Å². The first-order valence-corrected chi connectivity index (χ1v) is 13.0. The van der Waals surface area contributed by atoms with Gasteiger partial charge in [0.2, 0.25) is 15.9 Å². The van der Waals surface area contributed by atoms with Crippen molar-refractivity contribution < 1.29 is 13.2 Å². The highest BCUT2D eigenvalue weighted by Gasteiger charge is 2.31. The van der Waals surface area contributed by atoms with Crippen LogP contribution < -0.4 is 9.62 Å². The first-order valence-electron chi connectivity index (χ1n) is 11.1. The highest BCUT2D eigenvalue weighted by Crippen LogP contribution is 2.31. The van der Waals surface area contributed by atoms with E-state index in [0.717, 1.165) is 40.2 Å². The molecule has 33 heavy (non-hydrogen) atoms. The van der Waals surface area contributed by atoms with Gasteiger partial charge in [-0.15, -0.1) is 0 Å². The van der Waals surface area contributed by atoms with Crippen molar-refractivity contribution in [3.8, 4) is 0 Å². The monoisotopic (exact) mass is 463 g/mol. The van der Waals surface area contributed by atoms with Gasteiger partial charge in [0, 0.05) is 34.0 Å². The molecule has 1 N–H and O–H groups in total. The number of nitrogens with one attached hydrogen (secondary N) is 1. The van der Waals surface area contributed by atoms with Crippen molar-refractivity contribution in [1.29, 1.82) is 0 Å². The van der Waals surface area contributed by atoms with Gasteiger partial charge < -0.3 is 9.88 Å². The van der Waals surface area contributed by atoms with E-state index in [9.17, 15) is 13.2 Å². The molecule has 0 aliphatic rings. The maximum absolute atomic E-state index is 13.3. The molecule has 4 rings (SSSR count). The number of carbonyl (C=O) groups is 1. The summed E-state index contributed by atoms with van der Waals surface area (Å²) in [6.07, 6.45) is 1.47. The van der Waals surface area contributed by atoms with Gasteiger partial charge in [-0.25, -0.2) is 8.42 Å². The number of amides is 1. The number of carbonyl (C=O) groups excluding carboxylic acids is 1. The predicted molar refractivity (Wildman–Crippen MR) is 136 cm³/mol. The van der Waals surface area contributed by atoms with Gasteiger partial charge in [0.15, 0.2) is 0 Å². The highest BCUT2D eigenvalue weighted by molar-refractivity contribution is 7.92. The number of anilines is 2. The average molecular weight is 464 g/mol. The van der Waals surface area contributed by atoms with Crippen LogP contribution in [0.5, 0.6) is 0 Å². The Bertz CT molecular complexity index is 1420. The van der Waals surface area contributed by atoms with E-state index in [1.165, 1.54) is 4.31 Å². The van der Waals surface area contributed by atoms with Crippen LogP contribution in [0.25, 0.3) is 21.8 Å². The molecule has 0 unspecified atom stereocenters. The first kappa shape index (κ1) is 22.9. The van der Waals surface area contributed by atoms with Gasteiger partial charge in [-0.1, -0.05) is 42.8 Å². The third kappa shape index (κ3) is 4.33. The number of para-hydroxylation sites is 1. The number of aromatic nitrogens is 1. The molecule has 0 aliphatic heterocycles. The molecular formula is C26H29N3O3S. The van der Waals surface area contributed by atoms with Gasteiger partial charge >= 0.3 is 0 Å². The molecule has 0 saturated carbocycles. The number of hydrogen-bond acceptors (Lipinski definition) is 3. The number of benzene rings is 3. The molecule has 1 atom stereocenters. The zero-order chi connectivity index (χ0) is 23.8. The van der Waals surface area contributed by atoms with Crippen LogP contribution in [0.1, 0.15) is 25.8 Å². The van der Waals surface area contributed by atoms with Gasteiger partial charge in [0.1, 0.15) is 6.04 Å². The number of rotatable bonds is 7. The molecule has 1 aromatic heterocycles. The largest absolute Gasteiger partial charge is 0.341 e. The van der Waals surface area contributed by atoms with Gasteiger partial charge in [-0.05, 0) is 56.7 Å². The van der Waals surface area contributed by atoms with Crippen LogP contribution in [0, 0.1) is 6.92 Å². The first-order chi connectivity index (χ1) is 15.7. The number of aryl methyl sites for hydroxylation is 2. The summed E-state index contributed by atoms with van der Waals surface area (Å²) in [6.45, 7) is 6.70. The van der Waals surface area contributed by atoms with E-state index < -0.39 is 16.1 Å². The Hall–Kier alpha value is -3.32. The molecule has 0 aliphatic carbocycles. The summed E-state index contributed by atoms with van der Waals surface area (Å²) in [6, 6.07) is 20.3. The second-order valence-corrected chi connectivity index (χ2v) is 10.2. The molecule has 7 heteroatoms. The van der Waals surface area contributed by atoms with E-state index in [4.69, 9.17) is 0 Å². The Balaban J connectivity index is 1.71. The molecular weight excluding hydrogens is 434 g/mol. The van der Waals surface area contributed by atoms with Crippen molar-refractivity contribution in [2.75, 3.05) is 15.9 Å². The minimum atomic E-state index is -3.67. The van der Waals surface area contributed by atoms with Gasteiger partial charge in [0.05, 0.1) is 11.9 Å². The number of nitrogens with zero attached hydrogens (tertiary/aromatic N) is 2. The normalized spacial score (nSPS) is 12.7. The van der Waals surface area contributed by atoms with E-state index in [1.54, 1.807) is 12.1 Å². The smallest absolute Gasteiger partial charge is 0.248 e.